The molecule has 2 saturated carbocycles. The van der Waals surface area contributed by atoms with Gasteiger partial charge in [0.2, 0.25) is 5.91 Å². The van der Waals surface area contributed by atoms with Gasteiger partial charge in [0.1, 0.15) is 0 Å². The van der Waals surface area contributed by atoms with Gasteiger partial charge in [-0.15, -0.1) is 0 Å². The van der Waals surface area contributed by atoms with Crippen LogP contribution in [0.1, 0.15) is 37.8 Å². The molecule has 2 aliphatic rings. The number of aromatic nitrogens is 2. The number of amides is 1. The molecule has 1 aromatic heterocycles. The highest BCUT2D eigenvalue weighted by Crippen LogP contribution is 2.61. The predicted molar refractivity (Wildman–Crippen MR) is 97.3 cm³/mol. The molecular formula is C20H26N4O. The number of carbonyl (C=O) groups excluding carboxylic acids is 1. The van der Waals surface area contributed by atoms with Crippen LogP contribution in [-0.2, 0) is 11.2 Å². The van der Waals surface area contributed by atoms with Crippen LogP contribution in [0, 0.1) is 11.3 Å². The lowest BCUT2D eigenvalue weighted by molar-refractivity contribution is -0.123. The molecule has 2 fully saturated rings. The van der Waals surface area contributed by atoms with Gasteiger partial charge in [-0.3, -0.25) is 4.79 Å². The maximum atomic E-state index is 12.5. The van der Waals surface area contributed by atoms with Gasteiger partial charge in [0.15, 0.2) is 0 Å². The molecule has 1 spiro atoms. The highest BCUT2D eigenvalue weighted by atomic mass is 16.2. The average molecular weight is 338 g/mol. The smallest absolute Gasteiger partial charge is 0.223 e. The van der Waals surface area contributed by atoms with Crippen molar-refractivity contribution in [3.8, 4) is 5.69 Å². The van der Waals surface area contributed by atoms with Crippen molar-refractivity contribution in [3.63, 3.8) is 0 Å². The maximum absolute atomic E-state index is 12.5. The average Bonchev–Trinajstić information content (AvgIpc) is 3.14. The van der Waals surface area contributed by atoms with Crippen molar-refractivity contribution < 1.29 is 4.79 Å². The largest absolute Gasteiger partial charge is 0.355 e. The van der Waals surface area contributed by atoms with E-state index in [1.54, 1.807) is 0 Å². The highest BCUT2D eigenvalue weighted by molar-refractivity contribution is 5.82. The Bertz CT molecular complexity index is 731. The second-order valence-corrected chi connectivity index (χ2v) is 7.57. The summed E-state index contributed by atoms with van der Waals surface area (Å²) >= 11 is 0. The Hall–Kier alpha value is -2.14. The summed E-state index contributed by atoms with van der Waals surface area (Å²) in [6, 6.07) is 12.4. The Morgan fingerprint density at radius 1 is 1.24 bits per heavy atom. The van der Waals surface area contributed by atoms with Gasteiger partial charge in [-0.25, -0.2) is 4.68 Å². The van der Waals surface area contributed by atoms with Crippen molar-refractivity contribution in [2.75, 3.05) is 6.54 Å². The molecule has 0 radical (unpaired) electrons. The first-order valence-electron chi connectivity index (χ1n) is 9.30. The zero-order chi connectivity index (χ0) is 17.3. The second-order valence-electron chi connectivity index (χ2n) is 7.57. The molecule has 3 N–H and O–H groups in total. The van der Waals surface area contributed by atoms with Gasteiger partial charge in [0.05, 0.1) is 5.69 Å². The topological polar surface area (TPSA) is 72.9 Å². The van der Waals surface area contributed by atoms with Crippen LogP contribution in [0.25, 0.3) is 5.69 Å². The van der Waals surface area contributed by atoms with Gasteiger partial charge in [0, 0.05) is 36.8 Å². The van der Waals surface area contributed by atoms with Crippen molar-refractivity contribution in [3.05, 3.63) is 48.3 Å². The van der Waals surface area contributed by atoms with Gasteiger partial charge in [-0.05, 0) is 55.7 Å². The molecule has 1 heterocycles. The number of nitrogens with zero attached hydrogens (tertiary/aromatic N) is 2. The van der Waals surface area contributed by atoms with Gasteiger partial charge < -0.3 is 11.1 Å². The molecular weight excluding hydrogens is 312 g/mol. The zero-order valence-electron chi connectivity index (χ0n) is 14.5. The van der Waals surface area contributed by atoms with Crippen LogP contribution in [0.5, 0.6) is 0 Å². The minimum atomic E-state index is 0.207. The standard InChI is InChI=1S/C20H26N4O/c21-15-6-10-20(11-7-15)14-18(20)19(25)22-12-8-17-9-13-23-24(17)16-4-2-1-3-5-16/h1-5,9,13,15,18H,6-8,10-12,14,21H2,(H,22,25). The van der Waals surface area contributed by atoms with E-state index >= 15 is 0 Å². The van der Waals surface area contributed by atoms with E-state index in [2.05, 4.69) is 10.4 Å². The molecule has 5 nitrogen and oxygen atoms in total. The summed E-state index contributed by atoms with van der Waals surface area (Å²) in [6.45, 7) is 0.656. The third-order valence-corrected chi connectivity index (χ3v) is 5.93. The first kappa shape index (κ1) is 16.3. The first-order valence-corrected chi connectivity index (χ1v) is 9.30. The van der Waals surface area contributed by atoms with Crippen LogP contribution in [0.4, 0.5) is 0 Å². The molecule has 5 heteroatoms. The molecule has 25 heavy (non-hydrogen) atoms. The highest BCUT2D eigenvalue weighted by Gasteiger charge is 2.58. The molecule has 2 aliphatic carbocycles. The van der Waals surface area contributed by atoms with Crippen LogP contribution >= 0.6 is 0 Å². The fourth-order valence-corrected chi connectivity index (χ4v) is 4.24. The number of hydrogen-bond donors (Lipinski definition) is 2. The molecule has 1 unspecified atom stereocenters. The SMILES string of the molecule is NC1CCC2(CC1)CC2C(=O)NCCc1ccnn1-c1ccccc1. The summed E-state index contributed by atoms with van der Waals surface area (Å²) in [5, 5.41) is 7.53. The van der Waals surface area contributed by atoms with E-state index in [1.807, 2.05) is 47.3 Å². The molecule has 2 aromatic rings. The van der Waals surface area contributed by atoms with E-state index in [0.717, 1.165) is 49.9 Å². The number of rotatable bonds is 5. The number of nitrogens with one attached hydrogen (secondary N) is 1. The van der Waals surface area contributed by atoms with E-state index < -0.39 is 0 Å². The van der Waals surface area contributed by atoms with Crippen molar-refractivity contribution in [1.29, 1.82) is 0 Å². The molecule has 1 amide bonds. The molecule has 1 aromatic carbocycles. The van der Waals surface area contributed by atoms with Crippen LogP contribution in [0.15, 0.2) is 42.6 Å². The van der Waals surface area contributed by atoms with Gasteiger partial charge in [-0.1, -0.05) is 18.2 Å². The Labute approximate surface area is 148 Å². The zero-order valence-corrected chi connectivity index (χ0v) is 14.5. The van der Waals surface area contributed by atoms with Gasteiger partial charge in [0.25, 0.3) is 0 Å². The van der Waals surface area contributed by atoms with E-state index in [9.17, 15) is 4.79 Å². The lowest BCUT2D eigenvalue weighted by atomic mass is 9.82. The number of hydrogen-bond acceptors (Lipinski definition) is 3. The number of para-hydroxylation sites is 1. The summed E-state index contributed by atoms with van der Waals surface area (Å²) in [5.74, 6) is 0.431. The summed E-state index contributed by atoms with van der Waals surface area (Å²) < 4.78 is 1.94. The third-order valence-electron chi connectivity index (χ3n) is 5.93. The minimum Gasteiger partial charge on any atom is -0.355 e. The number of benzene rings is 1. The number of nitrogens with two attached hydrogens (primary N) is 1. The van der Waals surface area contributed by atoms with E-state index in [4.69, 9.17) is 5.73 Å². The molecule has 4 rings (SSSR count). The molecule has 132 valence electrons. The fraction of sp³-hybridized carbons (Fsp3) is 0.500. The molecule has 0 aliphatic heterocycles. The van der Waals surface area contributed by atoms with Crippen LogP contribution < -0.4 is 11.1 Å². The second kappa shape index (κ2) is 6.64. The normalized spacial score (nSPS) is 28.0. The Balaban J connectivity index is 1.29. The van der Waals surface area contributed by atoms with Crippen LogP contribution in [0.3, 0.4) is 0 Å². The summed E-state index contributed by atoms with van der Waals surface area (Å²) in [6.07, 6.45) is 8.02. The maximum Gasteiger partial charge on any atom is 0.223 e. The summed E-state index contributed by atoms with van der Waals surface area (Å²) in [5.41, 5.74) is 8.42. The van der Waals surface area contributed by atoms with E-state index in [0.29, 0.717) is 12.6 Å². The first-order chi connectivity index (χ1) is 12.2. The Morgan fingerprint density at radius 3 is 2.76 bits per heavy atom. The Morgan fingerprint density at radius 2 is 2.00 bits per heavy atom. The third kappa shape index (κ3) is 3.33. The summed E-state index contributed by atoms with van der Waals surface area (Å²) in [7, 11) is 0. The van der Waals surface area contributed by atoms with Gasteiger partial charge >= 0.3 is 0 Å². The Kier molecular flexibility index (Phi) is 4.34. The predicted octanol–water partition coefficient (Wildman–Crippen LogP) is 2.44. The quantitative estimate of drug-likeness (QED) is 0.879. The number of carbonyl (C=O) groups is 1. The molecule has 0 saturated heterocycles. The minimum absolute atomic E-state index is 0.207. The fourth-order valence-electron chi connectivity index (χ4n) is 4.24. The monoisotopic (exact) mass is 338 g/mol. The van der Waals surface area contributed by atoms with Crippen molar-refractivity contribution in [2.24, 2.45) is 17.1 Å². The van der Waals surface area contributed by atoms with Crippen molar-refractivity contribution >= 4 is 5.91 Å². The summed E-state index contributed by atoms with van der Waals surface area (Å²) in [4.78, 5) is 12.5. The van der Waals surface area contributed by atoms with Gasteiger partial charge in [-0.2, -0.15) is 5.10 Å². The van der Waals surface area contributed by atoms with E-state index in [-0.39, 0.29) is 17.2 Å². The molecule has 1 atom stereocenters. The van der Waals surface area contributed by atoms with Crippen LogP contribution in [0.2, 0.25) is 0 Å². The molecule has 0 bridgehead atoms. The van der Waals surface area contributed by atoms with Crippen molar-refractivity contribution in [1.82, 2.24) is 15.1 Å². The van der Waals surface area contributed by atoms with Crippen LogP contribution in [-0.4, -0.2) is 28.3 Å². The van der Waals surface area contributed by atoms with E-state index in [1.165, 1.54) is 0 Å². The lowest BCUT2D eigenvalue weighted by Gasteiger charge is -2.26. The lowest BCUT2D eigenvalue weighted by Crippen LogP contribution is -2.33. The van der Waals surface area contributed by atoms with Crippen molar-refractivity contribution in [2.45, 2.75) is 44.6 Å².